The van der Waals surface area contributed by atoms with Crippen molar-refractivity contribution in [3.63, 3.8) is 0 Å². The zero-order valence-electron chi connectivity index (χ0n) is 20.6. The maximum Gasteiger partial charge on any atom is 0.423 e. The number of nitrogens with one attached hydrogen (secondary N) is 2. The highest BCUT2D eigenvalue weighted by molar-refractivity contribution is 7.84. The minimum absolute atomic E-state index is 0.163. The van der Waals surface area contributed by atoms with Crippen molar-refractivity contribution in [2.45, 2.75) is 70.2 Å². The van der Waals surface area contributed by atoms with Crippen LogP contribution in [0, 0.1) is 5.92 Å². The Bertz CT molecular complexity index is 1200. The summed E-state index contributed by atoms with van der Waals surface area (Å²) in [5.74, 6) is 0.798. The lowest BCUT2D eigenvalue weighted by Crippen LogP contribution is -2.49. The number of aliphatic hydroxyl groups excluding tert-OH is 1. The normalized spacial score (nSPS) is 23.8. The molecule has 1 fully saturated rings. The van der Waals surface area contributed by atoms with Gasteiger partial charge in [-0.3, -0.25) is 4.18 Å². The molecule has 0 saturated heterocycles. The van der Waals surface area contributed by atoms with Gasteiger partial charge in [-0.05, 0) is 57.6 Å². The second kappa shape index (κ2) is 10.2. The van der Waals surface area contributed by atoms with Gasteiger partial charge < -0.3 is 20.8 Å². The van der Waals surface area contributed by atoms with Gasteiger partial charge in [0, 0.05) is 18.0 Å². The first kappa shape index (κ1) is 26.1. The van der Waals surface area contributed by atoms with E-state index in [0.29, 0.717) is 24.5 Å². The van der Waals surface area contributed by atoms with Crippen LogP contribution in [0.1, 0.15) is 57.2 Å². The Morgan fingerprint density at radius 2 is 1.86 bits per heavy atom. The minimum atomic E-state index is -4.53. The van der Waals surface area contributed by atoms with E-state index in [2.05, 4.69) is 32.7 Å². The Labute approximate surface area is 211 Å². The Hall–Kier alpha value is -2.96. The number of hydrogen-bond acceptors (Lipinski definition) is 9. The molecule has 1 heterocycles. The van der Waals surface area contributed by atoms with Gasteiger partial charge in [-0.15, -0.1) is 0 Å². The molecule has 2 aliphatic carbocycles. The predicted molar refractivity (Wildman–Crippen MR) is 134 cm³/mol. The van der Waals surface area contributed by atoms with E-state index in [1.54, 1.807) is 0 Å². The lowest BCUT2D eigenvalue weighted by atomic mass is 10.1. The summed E-state index contributed by atoms with van der Waals surface area (Å²) < 4.78 is 30.4. The fourth-order valence-electron chi connectivity index (χ4n) is 4.95. The summed E-state index contributed by atoms with van der Waals surface area (Å²) >= 11 is 0. The Morgan fingerprint density at radius 3 is 2.56 bits per heavy atom. The quantitative estimate of drug-likeness (QED) is 0.409. The zero-order chi connectivity index (χ0) is 26.1. The number of benzene rings is 1. The number of hydrogen-bond donors (Lipinski definition) is 4. The summed E-state index contributed by atoms with van der Waals surface area (Å²) in [5, 5.41) is 26.6. The van der Waals surface area contributed by atoms with Crippen LogP contribution in [0.5, 0.6) is 0 Å². The highest BCUT2D eigenvalue weighted by Crippen LogP contribution is 2.34. The van der Waals surface area contributed by atoms with Crippen molar-refractivity contribution in [2.24, 2.45) is 5.92 Å². The van der Waals surface area contributed by atoms with E-state index < -0.39 is 34.0 Å². The number of rotatable bonds is 8. The minimum Gasteiger partial charge on any atom is -0.464 e. The van der Waals surface area contributed by atoms with E-state index in [-0.39, 0.29) is 23.0 Å². The third-order valence-corrected chi connectivity index (χ3v) is 8.15. The van der Waals surface area contributed by atoms with Gasteiger partial charge in [0.15, 0.2) is 0 Å². The molecule has 196 valence electrons. The first-order chi connectivity index (χ1) is 16.9. The molecular weight excluding hydrogens is 486 g/mol. The van der Waals surface area contributed by atoms with E-state index >= 15 is 0 Å². The molecule has 1 amide bonds. The van der Waals surface area contributed by atoms with E-state index in [0.717, 1.165) is 12.8 Å². The Morgan fingerprint density at radius 1 is 1.17 bits per heavy atom. The van der Waals surface area contributed by atoms with Crippen LogP contribution in [-0.4, -0.2) is 63.3 Å². The molecule has 1 saturated carbocycles. The Kier molecular flexibility index (Phi) is 7.39. The molecule has 36 heavy (non-hydrogen) atoms. The van der Waals surface area contributed by atoms with Crippen LogP contribution >= 0.6 is 0 Å². The van der Waals surface area contributed by atoms with Gasteiger partial charge in [-0.25, -0.2) is 14.8 Å². The molecule has 4 atom stereocenters. The maximum absolute atomic E-state index is 12.5. The first-order valence-corrected chi connectivity index (χ1v) is 13.3. The highest BCUT2D eigenvalue weighted by Gasteiger charge is 2.40. The zero-order valence-corrected chi connectivity index (χ0v) is 21.4. The summed E-state index contributed by atoms with van der Waals surface area (Å²) in [4.78, 5) is 20.1. The molecule has 4 rings (SSSR count). The summed E-state index contributed by atoms with van der Waals surface area (Å²) in [5.41, 5.74) is 1.41. The van der Waals surface area contributed by atoms with E-state index in [9.17, 15) is 23.4 Å². The number of nitrogens with zero attached hydrogens (tertiary/aromatic N) is 3. The number of aromatic nitrogens is 2. The van der Waals surface area contributed by atoms with Crippen LogP contribution in [0.15, 0.2) is 36.7 Å². The van der Waals surface area contributed by atoms with Crippen molar-refractivity contribution in [1.82, 2.24) is 14.3 Å². The monoisotopic (exact) mass is 519 g/mol. The van der Waals surface area contributed by atoms with Crippen molar-refractivity contribution >= 4 is 28.0 Å². The molecule has 2 aliphatic rings. The SMILES string of the molecule is CC(C)(C)N(C(=O)O)S(=O)(=O)OC[C@H]1C[C@@H](Nc2cc(N[C@H]3CCc4ccccc43)ncn2)C[C@H]1O. The molecule has 2 aromatic rings. The number of fused-ring (bicyclic) bond motifs is 1. The lowest BCUT2D eigenvalue weighted by Gasteiger charge is -2.31. The van der Waals surface area contributed by atoms with E-state index in [4.69, 9.17) is 4.18 Å². The number of carboxylic acid groups (broad SMARTS) is 1. The van der Waals surface area contributed by atoms with Crippen molar-refractivity contribution in [3.8, 4) is 0 Å². The summed E-state index contributed by atoms with van der Waals surface area (Å²) in [6.45, 7) is 4.06. The molecule has 11 nitrogen and oxygen atoms in total. The van der Waals surface area contributed by atoms with Crippen LogP contribution in [0.25, 0.3) is 0 Å². The smallest absolute Gasteiger partial charge is 0.423 e. The van der Waals surface area contributed by atoms with Crippen LogP contribution in [0.4, 0.5) is 16.4 Å². The topological polar surface area (TPSA) is 154 Å². The third kappa shape index (κ3) is 5.88. The molecule has 4 N–H and O–H groups in total. The van der Waals surface area contributed by atoms with E-state index in [1.807, 2.05) is 18.2 Å². The largest absolute Gasteiger partial charge is 0.464 e. The molecule has 1 aromatic heterocycles. The predicted octanol–water partition coefficient (Wildman–Crippen LogP) is 3.17. The molecule has 1 aromatic carbocycles. The molecule has 0 spiro atoms. The van der Waals surface area contributed by atoms with E-state index in [1.165, 1.54) is 38.2 Å². The second-order valence-corrected chi connectivity index (χ2v) is 11.8. The van der Waals surface area contributed by atoms with Gasteiger partial charge in [0.25, 0.3) is 0 Å². The van der Waals surface area contributed by atoms with Gasteiger partial charge in [-0.2, -0.15) is 12.7 Å². The third-order valence-electron chi connectivity index (χ3n) is 6.57. The molecular formula is C24H33N5O6S. The van der Waals surface area contributed by atoms with Crippen LogP contribution in [0.2, 0.25) is 0 Å². The van der Waals surface area contributed by atoms with Crippen LogP contribution in [-0.2, 0) is 20.9 Å². The molecule has 0 bridgehead atoms. The van der Waals surface area contributed by atoms with Gasteiger partial charge in [0.05, 0.1) is 24.3 Å². The first-order valence-electron chi connectivity index (χ1n) is 12.0. The highest BCUT2D eigenvalue weighted by atomic mass is 32.2. The summed E-state index contributed by atoms with van der Waals surface area (Å²) in [7, 11) is -4.53. The summed E-state index contributed by atoms with van der Waals surface area (Å²) in [6, 6.07) is 10.2. The van der Waals surface area contributed by atoms with Gasteiger partial charge in [0.2, 0.25) is 0 Å². The molecule has 0 aliphatic heterocycles. The fourth-order valence-corrected chi connectivity index (χ4v) is 6.27. The van der Waals surface area contributed by atoms with Crippen LogP contribution < -0.4 is 10.6 Å². The number of carbonyl (C=O) groups is 1. The molecule has 12 heteroatoms. The standard InChI is InChI=1S/C24H33N5O6S/c1-24(2,3)29(23(31)32)36(33,34)35-13-16-10-17(11-20(16)30)27-21-12-22(26-14-25-21)28-19-9-8-15-6-4-5-7-18(15)19/h4-7,12,14,16-17,19-20,30H,8-11,13H2,1-3H3,(H,31,32)(H2,25,26,27,28)/t16-,17-,19+,20-/m1/s1. The summed E-state index contributed by atoms with van der Waals surface area (Å²) in [6.07, 6.45) is 1.85. The number of aliphatic hydroxyl groups is 1. The van der Waals surface area contributed by atoms with Crippen molar-refractivity contribution in [1.29, 1.82) is 0 Å². The average Bonchev–Trinajstić information content (AvgIpc) is 3.34. The number of amides is 1. The van der Waals surface area contributed by atoms with Crippen molar-refractivity contribution < 1.29 is 27.6 Å². The average molecular weight is 520 g/mol. The van der Waals surface area contributed by atoms with Gasteiger partial charge in [-0.1, -0.05) is 24.3 Å². The fraction of sp³-hybridized carbons (Fsp3) is 0.542. The Balaban J connectivity index is 1.34. The number of aryl methyl sites for hydroxylation is 1. The van der Waals surface area contributed by atoms with Gasteiger partial charge in [0.1, 0.15) is 18.0 Å². The second-order valence-electron chi connectivity index (χ2n) is 10.3. The van der Waals surface area contributed by atoms with Gasteiger partial charge >= 0.3 is 16.4 Å². The van der Waals surface area contributed by atoms with Crippen molar-refractivity contribution in [3.05, 3.63) is 47.8 Å². The molecule has 0 radical (unpaired) electrons. The van der Waals surface area contributed by atoms with Crippen LogP contribution in [0.3, 0.4) is 0 Å². The lowest BCUT2D eigenvalue weighted by molar-refractivity contribution is 0.0919. The number of anilines is 2. The molecule has 0 unspecified atom stereocenters. The van der Waals surface area contributed by atoms with Crippen molar-refractivity contribution in [2.75, 3.05) is 17.2 Å². The maximum atomic E-state index is 12.5.